The number of hydrogen-bond donors (Lipinski definition) is 1. The fourth-order valence-electron chi connectivity index (χ4n) is 1.35. The van der Waals surface area contributed by atoms with Crippen LogP contribution in [-0.4, -0.2) is 21.4 Å². The monoisotopic (exact) mass is 258 g/mol. The van der Waals surface area contributed by atoms with Gasteiger partial charge in [-0.15, -0.1) is 5.10 Å². The Bertz CT molecular complexity index is 561. The van der Waals surface area contributed by atoms with E-state index in [1.165, 1.54) is 0 Å². The Hall–Kier alpha value is -2.25. The van der Waals surface area contributed by atoms with Crippen molar-refractivity contribution >= 4 is 5.95 Å². The van der Waals surface area contributed by atoms with Gasteiger partial charge in [0.15, 0.2) is 17.5 Å². The first-order valence-electron chi connectivity index (χ1n) is 5.03. The van der Waals surface area contributed by atoms with Gasteiger partial charge in [-0.2, -0.15) is 9.67 Å². The summed E-state index contributed by atoms with van der Waals surface area (Å²) in [6, 6.07) is 1.50. The minimum Gasteiger partial charge on any atom is -0.463 e. The van der Waals surface area contributed by atoms with Crippen LogP contribution < -0.4 is 10.5 Å². The molecule has 0 fully saturated rings. The Morgan fingerprint density at radius 1 is 1.28 bits per heavy atom. The zero-order valence-corrected chi connectivity index (χ0v) is 9.32. The lowest BCUT2D eigenvalue weighted by atomic mass is 10.3. The molecule has 2 rings (SSSR count). The third kappa shape index (κ3) is 2.08. The number of ether oxygens (including phenoxy) is 1. The van der Waals surface area contributed by atoms with Crippen LogP contribution in [0, 0.1) is 17.5 Å². The second kappa shape index (κ2) is 4.55. The lowest BCUT2D eigenvalue weighted by Gasteiger charge is -2.03. The van der Waals surface area contributed by atoms with Crippen LogP contribution in [0.2, 0.25) is 0 Å². The Balaban J connectivity index is 2.48. The normalized spacial score (nSPS) is 10.7. The van der Waals surface area contributed by atoms with E-state index in [-0.39, 0.29) is 17.6 Å². The van der Waals surface area contributed by atoms with Crippen molar-refractivity contribution in [2.24, 2.45) is 0 Å². The molecule has 0 atom stereocenters. The van der Waals surface area contributed by atoms with Crippen LogP contribution in [0.25, 0.3) is 5.69 Å². The fraction of sp³-hybridized carbons (Fsp3) is 0.200. The van der Waals surface area contributed by atoms with Gasteiger partial charge in [0.25, 0.3) is 0 Å². The Morgan fingerprint density at radius 2 is 1.89 bits per heavy atom. The number of rotatable bonds is 3. The van der Waals surface area contributed by atoms with Gasteiger partial charge >= 0.3 is 6.01 Å². The number of benzene rings is 1. The molecule has 1 aromatic carbocycles. The van der Waals surface area contributed by atoms with E-state index in [1.807, 2.05) is 0 Å². The fourth-order valence-corrected chi connectivity index (χ4v) is 1.35. The molecule has 5 nitrogen and oxygen atoms in total. The van der Waals surface area contributed by atoms with Gasteiger partial charge in [-0.1, -0.05) is 0 Å². The minimum atomic E-state index is -1.55. The molecule has 8 heteroatoms. The van der Waals surface area contributed by atoms with E-state index in [0.717, 1.165) is 16.8 Å². The first kappa shape index (κ1) is 12.2. The Kier molecular flexibility index (Phi) is 3.09. The van der Waals surface area contributed by atoms with Crippen LogP contribution in [0.5, 0.6) is 6.01 Å². The number of nitrogens with zero attached hydrogens (tertiary/aromatic N) is 3. The van der Waals surface area contributed by atoms with Crippen molar-refractivity contribution < 1.29 is 17.9 Å². The molecule has 1 aromatic heterocycles. The number of aromatic nitrogens is 3. The highest BCUT2D eigenvalue weighted by Gasteiger charge is 2.15. The van der Waals surface area contributed by atoms with Crippen LogP contribution in [0.3, 0.4) is 0 Å². The maximum atomic E-state index is 13.1. The second-order valence-corrected chi connectivity index (χ2v) is 3.32. The maximum Gasteiger partial charge on any atom is 0.337 e. The lowest BCUT2D eigenvalue weighted by Crippen LogP contribution is -2.05. The molecule has 0 amide bonds. The van der Waals surface area contributed by atoms with Gasteiger partial charge in [-0.05, 0) is 6.92 Å². The summed E-state index contributed by atoms with van der Waals surface area (Å²) in [6.45, 7) is 2.03. The van der Waals surface area contributed by atoms with Crippen LogP contribution in [0.1, 0.15) is 6.92 Å². The summed E-state index contributed by atoms with van der Waals surface area (Å²) in [6.07, 6.45) is 0. The van der Waals surface area contributed by atoms with Crippen molar-refractivity contribution in [3.05, 3.63) is 29.6 Å². The molecule has 0 bridgehead atoms. The van der Waals surface area contributed by atoms with Crippen LogP contribution in [0.4, 0.5) is 19.1 Å². The molecule has 2 N–H and O–H groups in total. The molecule has 0 aliphatic rings. The van der Waals surface area contributed by atoms with Crippen LogP contribution in [0.15, 0.2) is 12.1 Å². The van der Waals surface area contributed by atoms with E-state index in [4.69, 9.17) is 10.5 Å². The summed E-state index contributed by atoms with van der Waals surface area (Å²) in [5.41, 5.74) is 5.43. The molecule has 96 valence electrons. The molecule has 0 unspecified atom stereocenters. The van der Waals surface area contributed by atoms with E-state index < -0.39 is 17.5 Å². The van der Waals surface area contributed by atoms with Crippen molar-refractivity contribution in [1.82, 2.24) is 14.8 Å². The average Bonchev–Trinajstić information content (AvgIpc) is 2.67. The smallest absolute Gasteiger partial charge is 0.337 e. The molecule has 0 aliphatic heterocycles. The summed E-state index contributed by atoms with van der Waals surface area (Å²) < 4.78 is 44.9. The van der Waals surface area contributed by atoms with Crippen molar-refractivity contribution in [2.45, 2.75) is 6.92 Å². The van der Waals surface area contributed by atoms with E-state index in [0.29, 0.717) is 6.61 Å². The average molecular weight is 258 g/mol. The molecule has 1 heterocycles. The van der Waals surface area contributed by atoms with Gasteiger partial charge < -0.3 is 10.5 Å². The summed E-state index contributed by atoms with van der Waals surface area (Å²) in [7, 11) is 0. The van der Waals surface area contributed by atoms with Gasteiger partial charge in [0.1, 0.15) is 0 Å². The van der Waals surface area contributed by atoms with Crippen molar-refractivity contribution in [1.29, 1.82) is 0 Å². The summed E-state index contributed by atoms with van der Waals surface area (Å²) in [5.74, 6) is -4.35. The van der Waals surface area contributed by atoms with Crippen molar-refractivity contribution in [3.63, 3.8) is 0 Å². The number of halogens is 3. The lowest BCUT2D eigenvalue weighted by molar-refractivity contribution is 0.312. The highest BCUT2D eigenvalue weighted by Crippen LogP contribution is 2.19. The Morgan fingerprint density at radius 3 is 2.44 bits per heavy atom. The van der Waals surface area contributed by atoms with Gasteiger partial charge in [-0.3, -0.25) is 0 Å². The molecule has 0 radical (unpaired) electrons. The first-order chi connectivity index (χ1) is 8.52. The number of hydrogen-bond acceptors (Lipinski definition) is 4. The molecule has 0 saturated heterocycles. The predicted molar refractivity (Wildman–Crippen MR) is 56.8 cm³/mol. The molecule has 0 spiro atoms. The third-order valence-corrected chi connectivity index (χ3v) is 2.10. The highest BCUT2D eigenvalue weighted by atomic mass is 19.2. The molecule has 0 aliphatic carbocycles. The number of anilines is 1. The van der Waals surface area contributed by atoms with Crippen molar-refractivity contribution in [3.8, 4) is 11.7 Å². The standard InChI is InChI=1S/C10H9F3N4O/c1-2-18-10-15-9(14)17(16-10)5-3-6(11)8(13)7(12)4-5/h3-4H,2H2,1H3,(H2,14,15,16). The maximum absolute atomic E-state index is 13.1. The van der Waals surface area contributed by atoms with Crippen molar-refractivity contribution in [2.75, 3.05) is 12.3 Å². The summed E-state index contributed by atoms with van der Waals surface area (Å²) in [4.78, 5) is 3.73. The molecule has 2 aromatic rings. The minimum absolute atomic E-state index is 0.0276. The van der Waals surface area contributed by atoms with E-state index in [2.05, 4.69) is 10.1 Å². The predicted octanol–water partition coefficient (Wildman–Crippen LogP) is 1.67. The molecule has 0 saturated carbocycles. The van der Waals surface area contributed by atoms with E-state index in [9.17, 15) is 13.2 Å². The number of nitrogens with two attached hydrogens (primary N) is 1. The molecular weight excluding hydrogens is 249 g/mol. The molecular formula is C10H9F3N4O. The summed E-state index contributed by atoms with van der Waals surface area (Å²) in [5, 5.41) is 3.78. The summed E-state index contributed by atoms with van der Waals surface area (Å²) >= 11 is 0. The second-order valence-electron chi connectivity index (χ2n) is 3.32. The topological polar surface area (TPSA) is 66.0 Å². The highest BCUT2D eigenvalue weighted by molar-refractivity contribution is 5.39. The van der Waals surface area contributed by atoms with Crippen LogP contribution in [-0.2, 0) is 0 Å². The zero-order valence-electron chi connectivity index (χ0n) is 9.32. The quantitative estimate of drug-likeness (QED) is 0.850. The van der Waals surface area contributed by atoms with Gasteiger partial charge in [0.2, 0.25) is 5.95 Å². The van der Waals surface area contributed by atoms with Gasteiger partial charge in [-0.25, -0.2) is 13.2 Å². The largest absolute Gasteiger partial charge is 0.463 e. The Labute approximate surface area is 100.0 Å². The van der Waals surface area contributed by atoms with E-state index in [1.54, 1.807) is 6.92 Å². The van der Waals surface area contributed by atoms with Gasteiger partial charge in [0.05, 0.1) is 12.3 Å². The van der Waals surface area contributed by atoms with Crippen LogP contribution >= 0.6 is 0 Å². The zero-order chi connectivity index (χ0) is 13.3. The van der Waals surface area contributed by atoms with Gasteiger partial charge in [0, 0.05) is 12.1 Å². The first-order valence-corrected chi connectivity index (χ1v) is 5.03. The van der Waals surface area contributed by atoms with E-state index >= 15 is 0 Å². The third-order valence-electron chi connectivity index (χ3n) is 2.10. The molecule has 18 heavy (non-hydrogen) atoms. The number of nitrogen functional groups attached to an aromatic ring is 1. The SMILES string of the molecule is CCOc1nc(N)n(-c2cc(F)c(F)c(F)c2)n1.